The molecule has 0 bridgehead atoms. The van der Waals surface area contributed by atoms with Crippen LogP contribution in [0.1, 0.15) is 36.4 Å². The van der Waals surface area contributed by atoms with Crippen LogP contribution in [0.15, 0.2) is 54.6 Å². The lowest BCUT2D eigenvalue weighted by molar-refractivity contribution is 0.0673. The molecule has 1 aliphatic rings. The van der Waals surface area contributed by atoms with Gasteiger partial charge in [0.2, 0.25) is 0 Å². The van der Waals surface area contributed by atoms with E-state index in [2.05, 4.69) is 0 Å². The molecule has 4 nitrogen and oxygen atoms in total. The van der Waals surface area contributed by atoms with Gasteiger partial charge in [0.05, 0.1) is 13.2 Å². The highest BCUT2D eigenvalue weighted by Gasteiger charge is 2.30. The van der Waals surface area contributed by atoms with Crippen molar-refractivity contribution < 1.29 is 14.3 Å². The van der Waals surface area contributed by atoms with E-state index in [4.69, 9.17) is 9.47 Å². The maximum absolute atomic E-state index is 12.6. The molecule has 0 unspecified atom stereocenters. The molecule has 2 aromatic rings. The summed E-state index contributed by atoms with van der Waals surface area (Å²) in [5.41, 5.74) is 2.05. The summed E-state index contributed by atoms with van der Waals surface area (Å²) in [6.07, 6.45) is 2.78. The number of hydrogen-bond donors (Lipinski definition) is 0. The average Bonchev–Trinajstić information content (AvgIpc) is 2.67. The van der Waals surface area contributed by atoms with Crippen LogP contribution >= 0.6 is 0 Å². The molecule has 0 saturated carbocycles. The van der Waals surface area contributed by atoms with Crippen molar-refractivity contribution in [2.75, 3.05) is 13.7 Å². The van der Waals surface area contributed by atoms with Crippen LogP contribution in [-0.2, 0) is 11.3 Å². The van der Waals surface area contributed by atoms with Crippen LogP contribution in [0.5, 0.6) is 5.75 Å². The highest BCUT2D eigenvalue weighted by Crippen LogP contribution is 2.36. The minimum atomic E-state index is -0.255. The first kappa shape index (κ1) is 16.4. The number of carbonyl (C=O) groups excluding carboxylic acids is 1. The van der Waals surface area contributed by atoms with Gasteiger partial charge in [-0.3, -0.25) is 0 Å². The minimum Gasteiger partial charge on any atom is -0.496 e. The topological polar surface area (TPSA) is 38.8 Å². The number of rotatable bonds is 4. The quantitative estimate of drug-likeness (QED) is 0.827. The Kier molecular flexibility index (Phi) is 5.36. The van der Waals surface area contributed by atoms with E-state index in [0.29, 0.717) is 6.61 Å². The number of amides is 1. The monoisotopic (exact) mass is 325 g/mol. The first-order valence-corrected chi connectivity index (χ1v) is 8.40. The van der Waals surface area contributed by atoms with Gasteiger partial charge in [-0.15, -0.1) is 0 Å². The van der Waals surface area contributed by atoms with Crippen molar-refractivity contribution in [3.8, 4) is 5.75 Å². The fraction of sp³-hybridized carbons (Fsp3) is 0.350. The summed E-state index contributed by atoms with van der Waals surface area (Å²) in [5, 5.41) is 0. The van der Waals surface area contributed by atoms with E-state index in [1.165, 1.54) is 0 Å². The molecule has 0 aliphatic carbocycles. The highest BCUT2D eigenvalue weighted by molar-refractivity contribution is 5.68. The summed E-state index contributed by atoms with van der Waals surface area (Å²) >= 11 is 0. The van der Waals surface area contributed by atoms with Gasteiger partial charge >= 0.3 is 6.09 Å². The number of piperidine rings is 1. The van der Waals surface area contributed by atoms with Crippen molar-refractivity contribution in [3.63, 3.8) is 0 Å². The molecule has 3 rings (SSSR count). The fourth-order valence-corrected chi connectivity index (χ4v) is 3.22. The van der Waals surface area contributed by atoms with Crippen LogP contribution in [-0.4, -0.2) is 24.6 Å². The Morgan fingerprint density at radius 1 is 1.08 bits per heavy atom. The first-order chi connectivity index (χ1) is 11.8. The number of hydrogen-bond acceptors (Lipinski definition) is 3. The summed E-state index contributed by atoms with van der Waals surface area (Å²) in [6.45, 7) is 1.02. The van der Waals surface area contributed by atoms with E-state index in [9.17, 15) is 4.79 Å². The van der Waals surface area contributed by atoms with Crippen LogP contribution in [0.4, 0.5) is 4.79 Å². The zero-order valence-electron chi connectivity index (χ0n) is 14.0. The van der Waals surface area contributed by atoms with Crippen LogP contribution in [0.3, 0.4) is 0 Å². The molecule has 1 saturated heterocycles. The van der Waals surface area contributed by atoms with Gasteiger partial charge in [-0.1, -0.05) is 48.5 Å². The van der Waals surface area contributed by atoms with Crippen molar-refractivity contribution in [1.29, 1.82) is 0 Å². The van der Waals surface area contributed by atoms with Crippen molar-refractivity contribution in [1.82, 2.24) is 4.90 Å². The second kappa shape index (κ2) is 7.86. The van der Waals surface area contributed by atoms with E-state index in [-0.39, 0.29) is 12.1 Å². The summed E-state index contributed by atoms with van der Waals surface area (Å²) in [6, 6.07) is 17.7. The Balaban J connectivity index is 1.73. The molecule has 126 valence electrons. The zero-order valence-corrected chi connectivity index (χ0v) is 14.0. The molecule has 0 aromatic heterocycles. The third-order valence-corrected chi connectivity index (χ3v) is 4.44. The van der Waals surface area contributed by atoms with Gasteiger partial charge < -0.3 is 14.4 Å². The largest absolute Gasteiger partial charge is 0.496 e. The Morgan fingerprint density at radius 3 is 2.62 bits per heavy atom. The Morgan fingerprint density at radius 2 is 1.83 bits per heavy atom. The third-order valence-electron chi connectivity index (χ3n) is 4.44. The second-order valence-corrected chi connectivity index (χ2v) is 5.99. The molecule has 4 heteroatoms. The van der Waals surface area contributed by atoms with Crippen LogP contribution in [0.2, 0.25) is 0 Å². The van der Waals surface area contributed by atoms with Crippen LogP contribution in [0, 0.1) is 0 Å². The van der Waals surface area contributed by atoms with Gasteiger partial charge in [-0.2, -0.15) is 0 Å². The van der Waals surface area contributed by atoms with E-state index >= 15 is 0 Å². The summed E-state index contributed by atoms with van der Waals surface area (Å²) in [7, 11) is 1.67. The molecule has 0 N–H and O–H groups in total. The first-order valence-electron chi connectivity index (χ1n) is 8.40. The van der Waals surface area contributed by atoms with E-state index in [1.54, 1.807) is 7.11 Å². The summed E-state index contributed by atoms with van der Waals surface area (Å²) in [5.74, 6) is 0.824. The van der Waals surface area contributed by atoms with E-state index in [1.807, 2.05) is 59.5 Å². The lowest BCUT2D eigenvalue weighted by Crippen LogP contribution is -2.38. The Bertz CT molecular complexity index is 672. The summed E-state index contributed by atoms with van der Waals surface area (Å²) in [4.78, 5) is 14.5. The van der Waals surface area contributed by atoms with Gasteiger partial charge in [-0.05, 0) is 30.9 Å². The minimum absolute atomic E-state index is 0.0122. The van der Waals surface area contributed by atoms with Crippen molar-refractivity contribution in [2.24, 2.45) is 0 Å². The maximum Gasteiger partial charge on any atom is 0.410 e. The van der Waals surface area contributed by atoms with Gasteiger partial charge in [0.25, 0.3) is 0 Å². The van der Waals surface area contributed by atoms with Crippen LogP contribution in [0.25, 0.3) is 0 Å². The third kappa shape index (κ3) is 3.70. The van der Waals surface area contributed by atoms with Gasteiger partial charge in [0, 0.05) is 12.1 Å². The summed E-state index contributed by atoms with van der Waals surface area (Å²) < 4.78 is 11.0. The smallest absolute Gasteiger partial charge is 0.410 e. The number of likely N-dealkylation sites (tertiary alicyclic amines) is 1. The number of para-hydroxylation sites is 1. The molecular weight excluding hydrogens is 302 g/mol. The average molecular weight is 325 g/mol. The lowest BCUT2D eigenvalue weighted by Gasteiger charge is -2.35. The molecule has 24 heavy (non-hydrogen) atoms. The second-order valence-electron chi connectivity index (χ2n) is 5.99. The molecule has 1 atom stereocenters. The number of ether oxygens (including phenoxy) is 2. The van der Waals surface area contributed by atoms with Gasteiger partial charge in [0.15, 0.2) is 0 Å². The van der Waals surface area contributed by atoms with Gasteiger partial charge in [-0.25, -0.2) is 4.79 Å². The van der Waals surface area contributed by atoms with E-state index in [0.717, 1.165) is 42.7 Å². The maximum atomic E-state index is 12.6. The number of methoxy groups -OCH3 is 1. The molecule has 1 aliphatic heterocycles. The normalized spacial score (nSPS) is 17.4. The molecule has 0 spiro atoms. The standard InChI is InChI=1S/C20H23NO3/c1-23-19-13-6-5-11-17(19)18-12-7-8-14-21(18)20(22)24-15-16-9-3-2-4-10-16/h2-6,9-11,13,18H,7-8,12,14-15H2,1H3/t18-/m0/s1. The van der Waals surface area contributed by atoms with Crippen molar-refractivity contribution >= 4 is 6.09 Å². The molecule has 1 fully saturated rings. The molecule has 0 radical (unpaired) electrons. The van der Waals surface area contributed by atoms with Crippen molar-refractivity contribution in [2.45, 2.75) is 31.9 Å². The number of carbonyl (C=O) groups is 1. The SMILES string of the molecule is COc1ccccc1[C@@H]1CCCCN1C(=O)OCc1ccccc1. The molecule has 1 heterocycles. The predicted molar refractivity (Wildman–Crippen MR) is 92.9 cm³/mol. The van der Waals surface area contributed by atoms with Crippen molar-refractivity contribution in [3.05, 3.63) is 65.7 Å². The highest BCUT2D eigenvalue weighted by atomic mass is 16.6. The molecule has 2 aromatic carbocycles. The molecule has 1 amide bonds. The number of nitrogens with zero attached hydrogens (tertiary/aromatic N) is 1. The number of benzene rings is 2. The van der Waals surface area contributed by atoms with Gasteiger partial charge in [0.1, 0.15) is 12.4 Å². The zero-order chi connectivity index (χ0) is 16.8. The lowest BCUT2D eigenvalue weighted by atomic mass is 9.95. The van der Waals surface area contributed by atoms with Crippen LogP contribution < -0.4 is 4.74 Å². The fourth-order valence-electron chi connectivity index (χ4n) is 3.22. The Hall–Kier alpha value is -2.49. The van der Waals surface area contributed by atoms with E-state index < -0.39 is 0 Å². The Labute approximate surface area is 143 Å². The predicted octanol–water partition coefficient (Wildman–Crippen LogP) is 4.56. The molecular formula is C20H23NO3.